The number of carbonyl (C=O) groups is 2. The Morgan fingerprint density at radius 1 is 0.944 bits per heavy atom. The van der Waals surface area contributed by atoms with Crippen LogP contribution in [-0.4, -0.2) is 50.4 Å². The maximum Gasteiger partial charge on any atom is 0.494 e. The minimum atomic E-state index is -4.37. The molecular formula is C38H41BBr2F3N3O7. The first-order chi connectivity index (χ1) is 25.2. The second-order valence-electron chi connectivity index (χ2n) is 13.0. The van der Waals surface area contributed by atoms with Gasteiger partial charge in [0.05, 0.1) is 33.5 Å². The Morgan fingerprint density at radius 3 is 2.07 bits per heavy atom. The number of fused-ring (bicyclic) bond motifs is 1. The van der Waals surface area contributed by atoms with Crippen molar-refractivity contribution in [2.75, 3.05) is 0 Å². The van der Waals surface area contributed by atoms with Crippen LogP contribution in [0.5, 0.6) is 0 Å². The number of carboxylic acid groups (broad SMARTS) is 2. The lowest BCUT2D eigenvalue weighted by atomic mass is 9.77. The molecular weight excluding hydrogens is 838 g/mol. The number of furan rings is 1. The smallest absolute Gasteiger partial charge is 0.481 e. The van der Waals surface area contributed by atoms with Gasteiger partial charge in [0.1, 0.15) is 11.3 Å². The topological polar surface area (TPSA) is 158 Å². The lowest BCUT2D eigenvalue weighted by molar-refractivity contribution is -0.153. The fourth-order valence-corrected chi connectivity index (χ4v) is 5.24. The Balaban J connectivity index is 0.000000203. The van der Waals surface area contributed by atoms with Crippen LogP contribution in [0.15, 0.2) is 93.9 Å². The minimum Gasteiger partial charge on any atom is -0.481 e. The lowest BCUT2D eigenvalue weighted by Crippen LogP contribution is -2.41. The van der Waals surface area contributed by atoms with Gasteiger partial charge in [-0.25, -0.2) is 4.79 Å². The summed E-state index contributed by atoms with van der Waals surface area (Å²) in [5.74, 6) is -3.03. The van der Waals surface area contributed by atoms with Gasteiger partial charge in [0.15, 0.2) is 0 Å². The quantitative estimate of drug-likeness (QED) is 0.111. The van der Waals surface area contributed by atoms with Crippen molar-refractivity contribution in [3.63, 3.8) is 0 Å². The summed E-state index contributed by atoms with van der Waals surface area (Å²) in [5, 5.41) is 18.3. The third kappa shape index (κ3) is 12.2. The fourth-order valence-electron chi connectivity index (χ4n) is 4.68. The maximum absolute atomic E-state index is 11.8. The molecule has 1 unspecified atom stereocenters. The largest absolute Gasteiger partial charge is 0.494 e. The van der Waals surface area contributed by atoms with Crippen molar-refractivity contribution in [3.8, 4) is 0 Å². The first kappa shape index (κ1) is 44.3. The van der Waals surface area contributed by atoms with Crippen molar-refractivity contribution >= 4 is 67.4 Å². The number of aromatic nitrogens is 2. The molecule has 6 rings (SSSR count). The van der Waals surface area contributed by atoms with Crippen LogP contribution in [0.4, 0.5) is 13.2 Å². The standard InChI is InChI=1S/C15H21BO4.C10H8N2O2.C7H8BrN.C6H4BrF3O/c1-10(13(17)18)11-7-6-8-12(9-11)16-19-14(2,3)15(4,5)20-16;1-6-5-7(10(13)14)9-8(12-6)3-2-4-11-9;8-7-3-1-6(5-9)2-4-7;7-3-4-1-2-5(11-4)6(8,9)10/h6-10H,1-5H3,(H,17,18);2-5H,1H3,(H,13,14);1-4H,5,9H2;1-2H,3H2. The zero-order valence-corrected chi connectivity index (χ0v) is 33.6. The Hall–Kier alpha value is -4.09. The number of aliphatic carboxylic acids is 1. The Bertz CT molecular complexity index is 2010. The molecule has 1 saturated heterocycles. The van der Waals surface area contributed by atoms with E-state index in [2.05, 4.69) is 46.2 Å². The van der Waals surface area contributed by atoms with Gasteiger partial charge in [-0.05, 0) is 101 Å². The minimum absolute atomic E-state index is 0.202. The maximum atomic E-state index is 11.8. The molecule has 0 aliphatic carbocycles. The molecule has 3 aromatic heterocycles. The number of halogens is 5. The molecule has 1 aliphatic rings. The highest BCUT2D eigenvalue weighted by Crippen LogP contribution is 2.36. The molecule has 1 fully saturated rings. The summed E-state index contributed by atoms with van der Waals surface area (Å²) >= 11 is 6.31. The molecule has 0 bridgehead atoms. The molecule has 0 amide bonds. The van der Waals surface area contributed by atoms with E-state index in [-0.39, 0.29) is 11.3 Å². The second kappa shape index (κ2) is 19.0. The Labute approximate surface area is 328 Å². The van der Waals surface area contributed by atoms with E-state index in [1.54, 1.807) is 32.2 Å². The van der Waals surface area contributed by atoms with Gasteiger partial charge in [0, 0.05) is 22.9 Å². The van der Waals surface area contributed by atoms with E-state index >= 15 is 0 Å². The molecule has 2 aromatic carbocycles. The summed E-state index contributed by atoms with van der Waals surface area (Å²) in [5.41, 5.74) is 9.30. The van der Waals surface area contributed by atoms with Crippen LogP contribution < -0.4 is 11.2 Å². The van der Waals surface area contributed by atoms with Crippen molar-refractivity contribution in [1.82, 2.24) is 9.97 Å². The molecule has 16 heteroatoms. The lowest BCUT2D eigenvalue weighted by Gasteiger charge is -2.32. The van der Waals surface area contributed by atoms with Gasteiger partial charge in [-0.3, -0.25) is 14.8 Å². The molecule has 288 valence electrons. The average molecular weight is 879 g/mol. The molecule has 4 N–H and O–H groups in total. The van der Waals surface area contributed by atoms with Crippen LogP contribution in [0.3, 0.4) is 0 Å². The average Bonchev–Trinajstić information content (AvgIpc) is 3.70. The number of nitrogens with zero attached hydrogens (tertiary/aromatic N) is 2. The summed E-state index contributed by atoms with van der Waals surface area (Å²) in [6.45, 7) is 12.0. The highest BCUT2D eigenvalue weighted by Gasteiger charge is 2.51. The van der Waals surface area contributed by atoms with E-state index in [1.165, 1.54) is 17.7 Å². The highest BCUT2D eigenvalue weighted by molar-refractivity contribution is 9.10. The van der Waals surface area contributed by atoms with Gasteiger partial charge >= 0.3 is 25.2 Å². The monoisotopic (exact) mass is 877 g/mol. The molecule has 4 heterocycles. The van der Waals surface area contributed by atoms with Crippen LogP contribution in [0.2, 0.25) is 0 Å². The van der Waals surface area contributed by atoms with Gasteiger partial charge < -0.3 is 29.7 Å². The molecule has 0 radical (unpaired) electrons. The number of aromatic carboxylic acids is 1. The summed E-state index contributed by atoms with van der Waals surface area (Å²) in [7, 11) is -0.457. The molecule has 10 nitrogen and oxygen atoms in total. The van der Waals surface area contributed by atoms with Gasteiger partial charge in [0.2, 0.25) is 5.76 Å². The third-order valence-corrected chi connectivity index (χ3v) is 9.53. The molecule has 0 saturated carbocycles. The van der Waals surface area contributed by atoms with Crippen molar-refractivity contribution in [2.45, 2.75) is 76.7 Å². The number of aryl methyl sites for hydroxylation is 1. The van der Waals surface area contributed by atoms with E-state index in [9.17, 15) is 22.8 Å². The molecule has 0 spiro atoms. The summed E-state index contributed by atoms with van der Waals surface area (Å²) in [4.78, 5) is 30.2. The SMILES string of the molecule is CC(C(=O)O)c1cccc(B2OC(C)(C)C(C)(C)O2)c1.Cc1cc(C(=O)O)c2ncccc2n1.FC(F)(F)c1ccc(CBr)o1.NCc1ccc(Br)cc1. The van der Waals surface area contributed by atoms with E-state index in [1.807, 2.05) is 76.2 Å². The zero-order valence-electron chi connectivity index (χ0n) is 30.4. The predicted molar refractivity (Wildman–Crippen MR) is 208 cm³/mol. The van der Waals surface area contributed by atoms with Crippen LogP contribution in [0.25, 0.3) is 11.0 Å². The van der Waals surface area contributed by atoms with Crippen LogP contribution in [0.1, 0.15) is 79.2 Å². The first-order valence-corrected chi connectivity index (χ1v) is 18.4. The number of hydrogen-bond acceptors (Lipinski definition) is 8. The Kier molecular flexibility index (Phi) is 15.6. The summed E-state index contributed by atoms with van der Waals surface area (Å²) in [6, 6.07) is 22.6. The van der Waals surface area contributed by atoms with Crippen molar-refractivity contribution in [3.05, 3.63) is 123 Å². The molecule has 5 aromatic rings. The van der Waals surface area contributed by atoms with Crippen molar-refractivity contribution < 1.29 is 46.7 Å². The molecule has 54 heavy (non-hydrogen) atoms. The molecule has 1 aliphatic heterocycles. The van der Waals surface area contributed by atoms with Crippen molar-refractivity contribution in [2.24, 2.45) is 5.73 Å². The Morgan fingerprint density at radius 2 is 1.57 bits per heavy atom. The predicted octanol–water partition coefficient (Wildman–Crippen LogP) is 8.91. The van der Waals surface area contributed by atoms with Crippen LogP contribution in [0, 0.1) is 6.92 Å². The van der Waals surface area contributed by atoms with Crippen LogP contribution >= 0.6 is 31.9 Å². The number of pyridine rings is 2. The first-order valence-electron chi connectivity index (χ1n) is 16.5. The summed E-state index contributed by atoms with van der Waals surface area (Å²) in [6.07, 6.45) is -2.81. The number of alkyl halides is 4. The van der Waals surface area contributed by atoms with Gasteiger partial charge in [-0.2, -0.15) is 13.2 Å². The van der Waals surface area contributed by atoms with E-state index in [0.717, 1.165) is 21.6 Å². The van der Waals surface area contributed by atoms with Gasteiger partial charge in [-0.1, -0.05) is 68.3 Å². The van der Waals surface area contributed by atoms with E-state index in [4.69, 9.17) is 25.3 Å². The number of rotatable bonds is 6. The number of carboxylic acids is 2. The molecule has 1 atom stereocenters. The van der Waals surface area contributed by atoms with Crippen molar-refractivity contribution in [1.29, 1.82) is 0 Å². The second-order valence-corrected chi connectivity index (χ2v) is 14.5. The zero-order chi connectivity index (χ0) is 40.4. The normalized spacial score (nSPS) is 14.8. The fraction of sp³-hybridized carbons (Fsp3) is 0.316. The summed E-state index contributed by atoms with van der Waals surface area (Å²) < 4.78 is 53.0. The number of nitrogens with two attached hydrogens (primary N) is 1. The van der Waals surface area contributed by atoms with Gasteiger partial charge in [0.25, 0.3) is 0 Å². The highest BCUT2D eigenvalue weighted by atomic mass is 79.9. The van der Waals surface area contributed by atoms with E-state index in [0.29, 0.717) is 28.6 Å². The third-order valence-electron chi connectivity index (χ3n) is 8.45. The number of hydrogen-bond donors (Lipinski definition) is 3. The van der Waals surface area contributed by atoms with Crippen LogP contribution in [-0.2, 0) is 32.2 Å². The van der Waals surface area contributed by atoms with E-state index < -0.39 is 48.1 Å². The van der Waals surface area contributed by atoms with Gasteiger partial charge in [-0.15, -0.1) is 0 Å². The number of benzene rings is 2.